The van der Waals surface area contributed by atoms with Gasteiger partial charge in [-0.2, -0.15) is 0 Å². The molecule has 0 amide bonds. The van der Waals surface area contributed by atoms with E-state index in [-0.39, 0.29) is 66.2 Å². The number of hydrogen-bond donors (Lipinski definition) is 1. The van der Waals surface area contributed by atoms with Gasteiger partial charge in [0.1, 0.15) is 0 Å². The molecule has 0 spiro atoms. The van der Waals surface area contributed by atoms with Gasteiger partial charge in [-0.05, 0) is 12.1 Å². The van der Waals surface area contributed by atoms with Gasteiger partial charge in [-0.15, -0.1) is 0 Å². The topological polar surface area (TPSA) is 33.1 Å². The minimum atomic E-state index is 0. The van der Waals surface area contributed by atoms with E-state index in [0.29, 0.717) is 6.42 Å². The predicted octanol–water partition coefficient (Wildman–Crippen LogP) is -8.37. The summed E-state index contributed by atoms with van der Waals surface area (Å²) in [6, 6.07) is 5.68. The van der Waals surface area contributed by atoms with Crippen molar-refractivity contribution < 1.29 is 64.7 Å². The van der Waals surface area contributed by atoms with Gasteiger partial charge in [0, 0.05) is 24.9 Å². The molecule has 0 aliphatic carbocycles. The fourth-order valence-corrected chi connectivity index (χ4v) is 0.661. The largest absolute Gasteiger partial charge is 3.00 e. The van der Waals surface area contributed by atoms with Crippen LogP contribution in [0, 0.1) is 0 Å². The van der Waals surface area contributed by atoms with Crippen molar-refractivity contribution in [1.82, 2.24) is 4.98 Å². The zero-order valence-corrected chi connectivity index (χ0v) is 11.0. The van der Waals surface area contributed by atoms with Crippen LogP contribution in [0.25, 0.3) is 0 Å². The van der Waals surface area contributed by atoms with Crippen molar-refractivity contribution in [2.75, 3.05) is 6.61 Å². The molecular formula is C7H9AuCl3NO. The number of halogens is 3. The molecule has 1 rings (SSSR count). The van der Waals surface area contributed by atoms with E-state index in [1.807, 2.05) is 18.2 Å². The maximum absolute atomic E-state index is 8.48. The van der Waals surface area contributed by atoms with Crippen LogP contribution in [-0.4, -0.2) is 16.7 Å². The van der Waals surface area contributed by atoms with E-state index in [2.05, 4.69) is 4.98 Å². The molecule has 80 valence electrons. The molecule has 0 aliphatic rings. The first-order valence-electron chi connectivity index (χ1n) is 2.94. The summed E-state index contributed by atoms with van der Waals surface area (Å²) in [5.74, 6) is 0. The molecule has 0 saturated heterocycles. The third-order valence-corrected chi connectivity index (χ3v) is 1.09. The summed E-state index contributed by atoms with van der Waals surface area (Å²) in [5.41, 5.74) is 0.944. The molecule has 0 radical (unpaired) electrons. The number of aromatic nitrogens is 1. The summed E-state index contributed by atoms with van der Waals surface area (Å²) < 4.78 is 0. The zero-order valence-electron chi connectivity index (χ0n) is 6.55. The van der Waals surface area contributed by atoms with Gasteiger partial charge in [-0.3, -0.25) is 4.98 Å². The molecule has 1 aromatic heterocycles. The molecule has 6 heteroatoms. The summed E-state index contributed by atoms with van der Waals surface area (Å²) in [7, 11) is 0. The second kappa shape index (κ2) is 15.2. The number of hydrogen-bond acceptors (Lipinski definition) is 2. The first-order valence-corrected chi connectivity index (χ1v) is 2.94. The Kier molecular flexibility index (Phi) is 27.5. The molecule has 0 saturated carbocycles. The van der Waals surface area contributed by atoms with Crippen LogP contribution in [0.3, 0.4) is 0 Å². The number of rotatable bonds is 2. The molecular weight excluding hydrogens is 417 g/mol. The monoisotopic (exact) mass is 425 g/mol. The van der Waals surface area contributed by atoms with Crippen LogP contribution in [0.4, 0.5) is 0 Å². The summed E-state index contributed by atoms with van der Waals surface area (Å²) in [6.07, 6.45) is 2.38. The molecule has 2 nitrogen and oxygen atoms in total. The maximum atomic E-state index is 8.48. The summed E-state index contributed by atoms with van der Waals surface area (Å²) >= 11 is 0. The smallest absolute Gasteiger partial charge is 1.00 e. The average Bonchev–Trinajstić information content (AvgIpc) is 1.91. The normalized spacial score (nSPS) is 6.54. The Hall–Kier alpha value is 0.720. The minimum absolute atomic E-state index is 0. The summed E-state index contributed by atoms with van der Waals surface area (Å²) in [4.78, 5) is 4.01. The second-order valence-electron chi connectivity index (χ2n) is 1.79. The van der Waals surface area contributed by atoms with Gasteiger partial charge in [0.25, 0.3) is 0 Å². The van der Waals surface area contributed by atoms with Crippen molar-refractivity contribution in [3.8, 4) is 0 Å². The van der Waals surface area contributed by atoms with Crippen molar-refractivity contribution in [3.05, 3.63) is 30.1 Å². The van der Waals surface area contributed by atoms with E-state index in [0.717, 1.165) is 5.69 Å². The van der Waals surface area contributed by atoms with Gasteiger partial charge in [-0.1, -0.05) is 6.07 Å². The Morgan fingerprint density at radius 2 is 1.77 bits per heavy atom. The Morgan fingerprint density at radius 3 is 2.15 bits per heavy atom. The SMILES string of the molecule is OCCc1ccccn1.[Au+3].[Cl-].[Cl-].[Cl-]. The molecule has 13 heavy (non-hydrogen) atoms. The van der Waals surface area contributed by atoms with Gasteiger partial charge in [0.2, 0.25) is 0 Å². The molecule has 1 N–H and O–H groups in total. The van der Waals surface area contributed by atoms with E-state index in [4.69, 9.17) is 5.11 Å². The van der Waals surface area contributed by atoms with Gasteiger partial charge in [-0.25, -0.2) is 0 Å². The number of nitrogens with zero attached hydrogens (tertiary/aromatic N) is 1. The van der Waals surface area contributed by atoms with Crippen molar-refractivity contribution >= 4 is 0 Å². The van der Waals surface area contributed by atoms with Crippen molar-refractivity contribution in [2.45, 2.75) is 6.42 Å². The van der Waals surface area contributed by atoms with Crippen LogP contribution in [-0.2, 0) is 28.8 Å². The average molecular weight is 426 g/mol. The van der Waals surface area contributed by atoms with E-state index in [1.54, 1.807) is 6.20 Å². The molecule has 0 atom stereocenters. The Bertz CT molecular complexity index is 177. The van der Waals surface area contributed by atoms with E-state index in [9.17, 15) is 0 Å². The van der Waals surface area contributed by atoms with Crippen molar-refractivity contribution in [2.24, 2.45) is 0 Å². The van der Waals surface area contributed by atoms with Gasteiger partial charge in [0.05, 0.1) is 0 Å². The van der Waals surface area contributed by atoms with Crippen LogP contribution in [0.2, 0.25) is 0 Å². The number of pyridine rings is 1. The molecule has 1 aromatic rings. The van der Waals surface area contributed by atoms with E-state index < -0.39 is 0 Å². The van der Waals surface area contributed by atoms with E-state index in [1.165, 1.54) is 0 Å². The van der Waals surface area contributed by atoms with Crippen LogP contribution < -0.4 is 37.2 Å². The van der Waals surface area contributed by atoms with Crippen molar-refractivity contribution in [1.29, 1.82) is 0 Å². The van der Waals surface area contributed by atoms with Crippen LogP contribution >= 0.6 is 0 Å². The van der Waals surface area contributed by atoms with Crippen LogP contribution in [0.5, 0.6) is 0 Å². The quantitative estimate of drug-likeness (QED) is 0.477. The molecule has 0 fully saturated rings. The fourth-order valence-electron chi connectivity index (χ4n) is 0.661. The zero-order chi connectivity index (χ0) is 6.53. The molecule has 0 aliphatic heterocycles. The van der Waals surface area contributed by atoms with Crippen molar-refractivity contribution in [3.63, 3.8) is 0 Å². The molecule has 1 heterocycles. The third-order valence-electron chi connectivity index (χ3n) is 1.09. The maximum Gasteiger partial charge on any atom is 3.00 e. The number of aliphatic hydroxyl groups excluding tert-OH is 1. The summed E-state index contributed by atoms with van der Waals surface area (Å²) in [6.45, 7) is 0.178. The Balaban J connectivity index is -0.000000101. The molecule has 0 unspecified atom stereocenters. The second-order valence-corrected chi connectivity index (χ2v) is 1.79. The standard InChI is InChI=1S/C7H9NO.Au.3ClH/c9-6-4-7-3-1-2-5-8-7;;;;/h1-3,5,9H,4,6H2;;3*1H/q;+3;;;/p-3. The van der Waals surface area contributed by atoms with E-state index >= 15 is 0 Å². The fraction of sp³-hybridized carbons (Fsp3) is 0.286. The van der Waals surface area contributed by atoms with Gasteiger partial charge in [0.15, 0.2) is 0 Å². The minimum Gasteiger partial charge on any atom is -1.00 e. The predicted molar refractivity (Wildman–Crippen MR) is 35.0 cm³/mol. The van der Waals surface area contributed by atoms with Crippen LogP contribution in [0.1, 0.15) is 5.69 Å². The van der Waals surface area contributed by atoms with Gasteiger partial charge < -0.3 is 42.3 Å². The van der Waals surface area contributed by atoms with Crippen LogP contribution in [0.15, 0.2) is 24.4 Å². The summed E-state index contributed by atoms with van der Waals surface area (Å²) in [5, 5.41) is 8.48. The Morgan fingerprint density at radius 1 is 1.15 bits per heavy atom. The molecule has 0 aromatic carbocycles. The third kappa shape index (κ3) is 10.6. The Labute approximate surface area is 112 Å². The first kappa shape index (κ1) is 23.5. The molecule has 0 bridgehead atoms. The first-order chi connectivity index (χ1) is 4.43. The number of aliphatic hydroxyl groups is 1. The van der Waals surface area contributed by atoms with Gasteiger partial charge >= 0.3 is 22.4 Å².